The Morgan fingerprint density at radius 2 is 2.25 bits per heavy atom. The van der Waals surface area contributed by atoms with Gasteiger partial charge < -0.3 is 4.74 Å². The summed E-state index contributed by atoms with van der Waals surface area (Å²) in [5.74, 6) is 0.789. The van der Waals surface area contributed by atoms with E-state index in [1.165, 1.54) is 12.8 Å². The quantitative estimate of drug-likeness (QED) is 0.589. The Balaban J connectivity index is 2.48. The van der Waals surface area contributed by atoms with Crippen molar-refractivity contribution in [2.45, 2.75) is 33.6 Å². The Hall–Kier alpha value is -0.300. The van der Waals surface area contributed by atoms with Crippen LogP contribution in [0.25, 0.3) is 0 Å². The predicted octanol–water partition coefficient (Wildman–Crippen LogP) is 3.02. The van der Waals surface area contributed by atoms with Crippen LogP contribution in [-0.2, 0) is 4.74 Å². The summed E-state index contributed by atoms with van der Waals surface area (Å²) in [6.45, 7) is 7.78. The van der Waals surface area contributed by atoms with Crippen LogP contribution >= 0.6 is 0 Å². The third kappa shape index (κ3) is 2.10. The summed E-state index contributed by atoms with van der Waals surface area (Å²) in [5.41, 5.74) is 1.93. The SMILES string of the molecule is COCCC1CC(C)=CC1(C)C. The molecule has 0 heterocycles. The first kappa shape index (κ1) is 9.79. The van der Waals surface area contributed by atoms with E-state index in [0.717, 1.165) is 12.5 Å². The van der Waals surface area contributed by atoms with E-state index >= 15 is 0 Å². The van der Waals surface area contributed by atoms with Crippen molar-refractivity contribution in [1.29, 1.82) is 0 Å². The number of ether oxygens (including phenoxy) is 1. The second kappa shape index (κ2) is 3.61. The number of rotatable bonds is 3. The fourth-order valence-electron chi connectivity index (χ4n) is 2.20. The summed E-state index contributed by atoms with van der Waals surface area (Å²) in [4.78, 5) is 0. The predicted molar refractivity (Wildman–Crippen MR) is 52.1 cm³/mol. The van der Waals surface area contributed by atoms with Crippen molar-refractivity contribution in [2.75, 3.05) is 13.7 Å². The first-order chi connectivity index (χ1) is 5.56. The molecule has 12 heavy (non-hydrogen) atoms. The van der Waals surface area contributed by atoms with Crippen molar-refractivity contribution < 1.29 is 4.74 Å². The molecule has 1 atom stereocenters. The van der Waals surface area contributed by atoms with E-state index < -0.39 is 0 Å². The van der Waals surface area contributed by atoms with E-state index in [0.29, 0.717) is 5.41 Å². The lowest BCUT2D eigenvalue weighted by Crippen LogP contribution is -2.18. The third-order valence-electron chi connectivity index (χ3n) is 2.91. The maximum atomic E-state index is 5.11. The van der Waals surface area contributed by atoms with Gasteiger partial charge in [0.2, 0.25) is 0 Å². The monoisotopic (exact) mass is 168 g/mol. The van der Waals surface area contributed by atoms with Crippen LogP contribution in [0.2, 0.25) is 0 Å². The molecule has 0 N–H and O–H groups in total. The molecule has 0 aromatic rings. The fourth-order valence-corrected chi connectivity index (χ4v) is 2.20. The van der Waals surface area contributed by atoms with Gasteiger partial charge in [0.25, 0.3) is 0 Å². The smallest absolute Gasteiger partial charge is 0.0465 e. The summed E-state index contributed by atoms with van der Waals surface area (Å²) >= 11 is 0. The van der Waals surface area contributed by atoms with Gasteiger partial charge in [0.15, 0.2) is 0 Å². The number of allylic oxidation sites excluding steroid dienone is 2. The topological polar surface area (TPSA) is 9.23 Å². The molecule has 1 aliphatic rings. The molecule has 1 aliphatic carbocycles. The molecule has 0 aromatic carbocycles. The highest BCUT2D eigenvalue weighted by Gasteiger charge is 2.31. The van der Waals surface area contributed by atoms with Gasteiger partial charge in [-0.2, -0.15) is 0 Å². The van der Waals surface area contributed by atoms with Crippen molar-refractivity contribution in [3.8, 4) is 0 Å². The number of hydrogen-bond donors (Lipinski definition) is 0. The summed E-state index contributed by atoms with van der Waals surface area (Å²) in [5, 5.41) is 0. The van der Waals surface area contributed by atoms with Crippen LogP contribution in [0.5, 0.6) is 0 Å². The highest BCUT2D eigenvalue weighted by atomic mass is 16.5. The molecule has 0 fully saturated rings. The molecule has 1 heteroatoms. The summed E-state index contributed by atoms with van der Waals surface area (Å²) in [6, 6.07) is 0. The van der Waals surface area contributed by atoms with Crippen molar-refractivity contribution in [3.05, 3.63) is 11.6 Å². The second-order valence-corrected chi connectivity index (χ2v) is 4.49. The van der Waals surface area contributed by atoms with Gasteiger partial charge in [0.05, 0.1) is 0 Å². The van der Waals surface area contributed by atoms with Gasteiger partial charge in [-0.3, -0.25) is 0 Å². The molecule has 1 rings (SSSR count). The van der Waals surface area contributed by atoms with Crippen LogP contribution in [0, 0.1) is 11.3 Å². The molecular weight excluding hydrogens is 148 g/mol. The molecule has 0 saturated heterocycles. The Bertz CT molecular complexity index is 179. The maximum Gasteiger partial charge on any atom is 0.0465 e. The summed E-state index contributed by atoms with van der Waals surface area (Å²) in [6.07, 6.45) is 4.86. The number of methoxy groups -OCH3 is 1. The average Bonchev–Trinajstić information content (AvgIpc) is 2.20. The lowest BCUT2D eigenvalue weighted by molar-refractivity contribution is 0.154. The van der Waals surface area contributed by atoms with Crippen LogP contribution < -0.4 is 0 Å². The highest BCUT2D eigenvalue weighted by Crippen LogP contribution is 2.42. The lowest BCUT2D eigenvalue weighted by atomic mass is 9.80. The third-order valence-corrected chi connectivity index (χ3v) is 2.91. The van der Waals surface area contributed by atoms with Gasteiger partial charge in [-0.05, 0) is 31.1 Å². The second-order valence-electron chi connectivity index (χ2n) is 4.49. The van der Waals surface area contributed by atoms with Crippen LogP contribution in [0.15, 0.2) is 11.6 Å². The normalized spacial score (nSPS) is 27.3. The Kier molecular flexibility index (Phi) is 2.94. The zero-order valence-electron chi connectivity index (χ0n) is 8.68. The lowest BCUT2D eigenvalue weighted by Gasteiger charge is -2.25. The minimum Gasteiger partial charge on any atom is -0.385 e. The van der Waals surface area contributed by atoms with Gasteiger partial charge in [-0.25, -0.2) is 0 Å². The van der Waals surface area contributed by atoms with Crippen molar-refractivity contribution in [1.82, 2.24) is 0 Å². The molecular formula is C11H20O. The Morgan fingerprint density at radius 3 is 2.67 bits per heavy atom. The van der Waals surface area contributed by atoms with Gasteiger partial charge in [0, 0.05) is 13.7 Å². The molecule has 0 spiro atoms. The van der Waals surface area contributed by atoms with E-state index in [1.54, 1.807) is 12.7 Å². The standard InChI is InChI=1S/C11H20O/c1-9-7-10(5-6-12-4)11(2,3)8-9/h8,10H,5-7H2,1-4H3. The molecule has 0 bridgehead atoms. The van der Waals surface area contributed by atoms with Gasteiger partial charge >= 0.3 is 0 Å². The van der Waals surface area contributed by atoms with Gasteiger partial charge in [-0.1, -0.05) is 25.5 Å². The van der Waals surface area contributed by atoms with Gasteiger partial charge in [-0.15, -0.1) is 0 Å². The first-order valence-corrected chi connectivity index (χ1v) is 4.73. The zero-order chi connectivity index (χ0) is 9.19. The van der Waals surface area contributed by atoms with Crippen molar-refractivity contribution in [3.63, 3.8) is 0 Å². The Morgan fingerprint density at radius 1 is 1.58 bits per heavy atom. The van der Waals surface area contributed by atoms with E-state index in [2.05, 4.69) is 26.8 Å². The number of hydrogen-bond acceptors (Lipinski definition) is 1. The van der Waals surface area contributed by atoms with E-state index in [4.69, 9.17) is 4.74 Å². The molecule has 70 valence electrons. The first-order valence-electron chi connectivity index (χ1n) is 4.73. The fraction of sp³-hybridized carbons (Fsp3) is 0.818. The van der Waals surface area contributed by atoms with Crippen molar-refractivity contribution >= 4 is 0 Å². The van der Waals surface area contributed by atoms with E-state index in [1.807, 2.05) is 0 Å². The summed E-state index contributed by atoms with van der Waals surface area (Å²) < 4.78 is 5.11. The molecule has 1 unspecified atom stereocenters. The van der Waals surface area contributed by atoms with Crippen LogP contribution in [0.1, 0.15) is 33.6 Å². The van der Waals surface area contributed by atoms with E-state index in [9.17, 15) is 0 Å². The van der Waals surface area contributed by atoms with Crippen LogP contribution in [0.4, 0.5) is 0 Å². The molecule has 0 radical (unpaired) electrons. The van der Waals surface area contributed by atoms with Gasteiger partial charge in [0.1, 0.15) is 0 Å². The highest BCUT2D eigenvalue weighted by molar-refractivity contribution is 5.15. The van der Waals surface area contributed by atoms with Crippen LogP contribution in [-0.4, -0.2) is 13.7 Å². The van der Waals surface area contributed by atoms with E-state index in [-0.39, 0.29) is 0 Å². The molecule has 0 aliphatic heterocycles. The molecule has 1 nitrogen and oxygen atoms in total. The maximum absolute atomic E-state index is 5.11. The minimum atomic E-state index is 0.391. The van der Waals surface area contributed by atoms with Crippen molar-refractivity contribution in [2.24, 2.45) is 11.3 Å². The minimum absolute atomic E-state index is 0.391. The summed E-state index contributed by atoms with van der Waals surface area (Å²) in [7, 11) is 1.78. The van der Waals surface area contributed by atoms with Crippen LogP contribution in [0.3, 0.4) is 0 Å². The molecule has 0 aromatic heterocycles. The molecule has 0 saturated carbocycles. The average molecular weight is 168 g/mol. The Labute approximate surface area is 75.8 Å². The zero-order valence-corrected chi connectivity index (χ0v) is 8.68. The molecule has 0 amide bonds. The largest absolute Gasteiger partial charge is 0.385 e.